The van der Waals surface area contributed by atoms with E-state index >= 15 is 0 Å². The fourth-order valence-corrected chi connectivity index (χ4v) is 8.34. The molecule has 0 radical (unpaired) electrons. The van der Waals surface area contributed by atoms with Gasteiger partial charge >= 0.3 is 11.9 Å². The topological polar surface area (TPSA) is 120 Å². The van der Waals surface area contributed by atoms with Crippen LogP contribution in [0.4, 0.5) is 11.4 Å². The molecule has 0 bridgehead atoms. The van der Waals surface area contributed by atoms with E-state index < -0.39 is 11.9 Å². The number of hydrogen-bond donors (Lipinski definition) is 0. The number of esters is 2. The number of carbonyl (C=O) groups is 2. The summed E-state index contributed by atoms with van der Waals surface area (Å²) >= 11 is 0. The van der Waals surface area contributed by atoms with Crippen molar-refractivity contribution in [1.29, 1.82) is 5.26 Å². The first-order chi connectivity index (χ1) is 35.4. The number of carbonyl (C=O) groups excluding carboxylic acids is 2. The number of nitriles is 1. The maximum absolute atomic E-state index is 13.2. The van der Waals surface area contributed by atoms with Crippen molar-refractivity contribution in [1.82, 2.24) is 0 Å². The van der Waals surface area contributed by atoms with Crippen LogP contribution in [0, 0.1) is 11.3 Å². The third-order valence-corrected chi connectivity index (χ3v) is 12.7. The van der Waals surface area contributed by atoms with Crippen LogP contribution >= 0.6 is 0 Å². The summed E-state index contributed by atoms with van der Waals surface area (Å²) in [6.45, 7) is 5.96. The SMILES string of the molecule is CCCCCCCCCCCCCCOc1ccc(N=Cc2ccc(C(=O)Oc3cccc(OC(=O)c4ccc(C=Nc5ccc(OCCCCCCCCCCCCCC)cc5)cc4)c3C#N)cc2)cc1. The summed E-state index contributed by atoms with van der Waals surface area (Å²) in [5.41, 5.74) is 3.64. The normalized spacial score (nSPS) is 11.2. The van der Waals surface area contributed by atoms with E-state index in [2.05, 4.69) is 23.8 Å². The quantitative estimate of drug-likeness (QED) is 0.0170. The minimum absolute atomic E-state index is 0.0225. The molecule has 0 saturated carbocycles. The van der Waals surface area contributed by atoms with Gasteiger partial charge in [0.2, 0.25) is 0 Å². The summed E-state index contributed by atoms with van der Waals surface area (Å²) in [6, 6.07) is 35.5. The molecule has 0 atom stereocenters. The Bertz CT molecular complexity index is 2230. The highest BCUT2D eigenvalue weighted by molar-refractivity contribution is 5.94. The summed E-state index contributed by atoms with van der Waals surface area (Å²) in [7, 11) is 0. The lowest BCUT2D eigenvalue weighted by atomic mass is 10.1. The van der Waals surface area contributed by atoms with Crippen LogP contribution in [0.15, 0.2) is 125 Å². The van der Waals surface area contributed by atoms with Crippen LogP contribution in [0.2, 0.25) is 0 Å². The Hall–Kier alpha value is -6.53. The molecule has 9 heteroatoms. The van der Waals surface area contributed by atoms with E-state index in [9.17, 15) is 14.9 Å². The van der Waals surface area contributed by atoms with Gasteiger partial charge in [-0.1, -0.05) is 185 Å². The van der Waals surface area contributed by atoms with Crippen molar-refractivity contribution in [3.05, 3.63) is 143 Å². The van der Waals surface area contributed by atoms with Gasteiger partial charge in [-0.2, -0.15) is 5.26 Å². The third kappa shape index (κ3) is 22.3. The summed E-state index contributed by atoms with van der Waals surface area (Å²) in [4.78, 5) is 35.5. The fourth-order valence-electron chi connectivity index (χ4n) is 8.34. The number of aliphatic imine (C=N–C) groups is 2. The Morgan fingerprint density at radius 1 is 0.431 bits per heavy atom. The number of benzene rings is 5. The molecule has 9 nitrogen and oxygen atoms in total. The molecule has 0 aromatic heterocycles. The zero-order chi connectivity index (χ0) is 50.7. The van der Waals surface area contributed by atoms with Crippen LogP contribution < -0.4 is 18.9 Å². The van der Waals surface area contributed by atoms with Gasteiger partial charge in [-0.15, -0.1) is 0 Å². The molecular formula is C63H79N3O6. The lowest BCUT2D eigenvalue weighted by molar-refractivity contribution is 0.0731. The number of nitrogens with zero attached hydrogens (tertiary/aromatic N) is 3. The molecule has 0 spiro atoms. The molecule has 0 heterocycles. The van der Waals surface area contributed by atoms with Gasteiger partial charge in [-0.3, -0.25) is 9.98 Å². The van der Waals surface area contributed by atoms with Crippen molar-refractivity contribution in [3.8, 4) is 29.1 Å². The standard InChI is InChI=1S/C63H79N3O6/c1-3-5-7-9-11-13-15-17-19-21-23-25-46-69-57-42-38-55(39-43-57)65-49-51-30-34-53(35-31-51)62(67)71-60-28-27-29-61(59(60)48-64)72-63(68)54-36-32-52(33-37-54)50-66-56-40-44-58(45-41-56)70-47-26-24-22-20-18-16-14-12-10-8-6-4-2/h27-45,49-50H,3-26,46-47H2,1-2H3. The molecule has 0 unspecified atom stereocenters. The van der Waals surface area contributed by atoms with Crippen LogP contribution in [0.1, 0.15) is 205 Å². The second-order valence-electron chi connectivity index (χ2n) is 18.7. The summed E-state index contributed by atoms with van der Waals surface area (Å²) in [5, 5.41) is 10.0. The van der Waals surface area contributed by atoms with Gasteiger partial charge in [-0.25, -0.2) is 9.59 Å². The van der Waals surface area contributed by atoms with Gasteiger partial charge in [0, 0.05) is 12.4 Å². The van der Waals surface area contributed by atoms with Crippen molar-refractivity contribution in [2.24, 2.45) is 9.98 Å². The van der Waals surface area contributed by atoms with Gasteiger partial charge < -0.3 is 18.9 Å². The molecule has 5 aromatic rings. The van der Waals surface area contributed by atoms with E-state index in [4.69, 9.17) is 18.9 Å². The highest BCUT2D eigenvalue weighted by Gasteiger charge is 2.18. The number of ether oxygens (including phenoxy) is 4. The van der Waals surface area contributed by atoms with Gasteiger partial charge in [0.25, 0.3) is 0 Å². The lowest BCUT2D eigenvalue weighted by Crippen LogP contribution is -2.12. The van der Waals surface area contributed by atoms with Crippen LogP contribution in [0.25, 0.3) is 0 Å². The van der Waals surface area contributed by atoms with E-state index in [-0.39, 0.29) is 28.2 Å². The van der Waals surface area contributed by atoms with Crippen molar-refractivity contribution < 1.29 is 28.5 Å². The predicted molar refractivity (Wildman–Crippen MR) is 294 cm³/mol. The van der Waals surface area contributed by atoms with E-state index in [0.29, 0.717) is 13.2 Å². The van der Waals surface area contributed by atoms with Gasteiger partial charge in [0.15, 0.2) is 11.5 Å². The summed E-state index contributed by atoms with van der Waals surface area (Å²) in [6.07, 6.45) is 35.0. The first kappa shape index (κ1) is 56.4. The molecule has 0 amide bonds. The Kier molecular flexibility index (Phi) is 27.2. The maximum Gasteiger partial charge on any atom is 0.343 e. The van der Waals surface area contributed by atoms with E-state index in [1.807, 2.05) is 54.6 Å². The number of rotatable bonds is 36. The van der Waals surface area contributed by atoms with Crippen LogP contribution in [-0.2, 0) is 0 Å². The minimum atomic E-state index is -0.663. The van der Waals surface area contributed by atoms with E-state index in [1.54, 1.807) is 67.0 Å². The summed E-state index contributed by atoms with van der Waals surface area (Å²) in [5.74, 6) is 0.294. The van der Waals surface area contributed by atoms with E-state index in [1.165, 1.54) is 153 Å². The molecule has 0 saturated heterocycles. The summed E-state index contributed by atoms with van der Waals surface area (Å²) < 4.78 is 23.2. The van der Waals surface area contributed by atoms with Gasteiger partial charge in [0.1, 0.15) is 23.1 Å². The molecule has 382 valence electrons. The fraction of sp³-hybridized carbons (Fsp3) is 0.444. The monoisotopic (exact) mass is 974 g/mol. The number of unbranched alkanes of at least 4 members (excludes halogenated alkanes) is 22. The van der Waals surface area contributed by atoms with Crippen molar-refractivity contribution >= 4 is 35.7 Å². The molecule has 0 N–H and O–H groups in total. The molecule has 5 aromatic carbocycles. The molecule has 0 fully saturated rings. The minimum Gasteiger partial charge on any atom is -0.494 e. The van der Waals surface area contributed by atoms with E-state index in [0.717, 1.165) is 46.8 Å². The Balaban J connectivity index is 0.981. The number of hydrogen-bond acceptors (Lipinski definition) is 9. The van der Waals surface area contributed by atoms with Gasteiger partial charge in [-0.05, 0) is 109 Å². The first-order valence-corrected chi connectivity index (χ1v) is 27.2. The van der Waals surface area contributed by atoms with Gasteiger partial charge in [0.05, 0.1) is 35.7 Å². The maximum atomic E-state index is 13.2. The van der Waals surface area contributed by atoms with Crippen molar-refractivity contribution in [2.75, 3.05) is 13.2 Å². The second kappa shape index (κ2) is 34.7. The molecule has 0 aliphatic heterocycles. The zero-order valence-corrected chi connectivity index (χ0v) is 43.3. The molecule has 0 aliphatic carbocycles. The average molecular weight is 974 g/mol. The van der Waals surface area contributed by atoms with Crippen molar-refractivity contribution in [2.45, 2.75) is 168 Å². The van der Waals surface area contributed by atoms with Crippen LogP contribution in [0.5, 0.6) is 23.0 Å². The third-order valence-electron chi connectivity index (χ3n) is 12.7. The van der Waals surface area contributed by atoms with Crippen molar-refractivity contribution in [3.63, 3.8) is 0 Å². The highest BCUT2D eigenvalue weighted by Crippen LogP contribution is 2.30. The van der Waals surface area contributed by atoms with Crippen LogP contribution in [-0.4, -0.2) is 37.6 Å². The zero-order valence-electron chi connectivity index (χ0n) is 43.3. The molecule has 0 aliphatic rings. The first-order valence-electron chi connectivity index (χ1n) is 27.2. The average Bonchev–Trinajstić information content (AvgIpc) is 3.41. The second-order valence-corrected chi connectivity index (χ2v) is 18.7. The smallest absolute Gasteiger partial charge is 0.343 e. The Morgan fingerprint density at radius 2 is 0.750 bits per heavy atom. The highest BCUT2D eigenvalue weighted by atomic mass is 16.5. The largest absolute Gasteiger partial charge is 0.494 e. The van der Waals surface area contributed by atoms with Crippen LogP contribution in [0.3, 0.4) is 0 Å². The Labute approximate surface area is 431 Å². The lowest BCUT2D eigenvalue weighted by Gasteiger charge is -2.10. The molecule has 72 heavy (non-hydrogen) atoms. The molecular weight excluding hydrogens is 895 g/mol. The Morgan fingerprint density at radius 3 is 1.07 bits per heavy atom. The predicted octanol–water partition coefficient (Wildman–Crippen LogP) is 17.7. The molecule has 5 rings (SSSR count).